The maximum atomic E-state index is 10.4. The molecule has 0 radical (unpaired) electrons. The highest BCUT2D eigenvalue weighted by Gasteiger charge is 2.17. The molecule has 0 saturated heterocycles. The van der Waals surface area contributed by atoms with E-state index in [0.29, 0.717) is 11.4 Å². The van der Waals surface area contributed by atoms with Crippen molar-refractivity contribution in [3.8, 4) is 0 Å². The van der Waals surface area contributed by atoms with Crippen LogP contribution in [0.4, 0.5) is 0 Å². The fourth-order valence-electron chi connectivity index (χ4n) is 2.39. The number of rotatable bonds is 3. The summed E-state index contributed by atoms with van der Waals surface area (Å²) >= 11 is 6.22. The molecule has 102 valence electrons. The Morgan fingerprint density at radius 3 is 2.53 bits per heavy atom. The first-order chi connectivity index (χ1) is 8.90. The maximum Gasteiger partial charge on any atom is 0.0848 e. The number of aryl methyl sites for hydroxylation is 4. The van der Waals surface area contributed by atoms with E-state index in [4.69, 9.17) is 11.6 Å². The normalized spacial score (nSPS) is 12.7. The molecule has 1 unspecified atom stereocenters. The first kappa shape index (κ1) is 14.1. The van der Waals surface area contributed by atoms with Gasteiger partial charge in [0.05, 0.1) is 22.5 Å². The van der Waals surface area contributed by atoms with Gasteiger partial charge in [0.25, 0.3) is 0 Å². The Morgan fingerprint density at radius 2 is 2.00 bits per heavy atom. The Labute approximate surface area is 118 Å². The average Bonchev–Trinajstić information content (AvgIpc) is 2.56. The summed E-state index contributed by atoms with van der Waals surface area (Å²) in [6.07, 6.45) is -0.0898. The van der Waals surface area contributed by atoms with Gasteiger partial charge in [0.15, 0.2) is 0 Å². The smallest absolute Gasteiger partial charge is 0.0848 e. The summed E-state index contributed by atoms with van der Waals surface area (Å²) in [7, 11) is 1.85. The third kappa shape index (κ3) is 2.82. The van der Waals surface area contributed by atoms with Crippen LogP contribution in [0.5, 0.6) is 0 Å². The molecule has 2 aromatic rings. The van der Waals surface area contributed by atoms with Crippen LogP contribution in [-0.2, 0) is 13.5 Å². The summed E-state index contributed by atoms with van der Waals surface area (Å²) in [6.45, 7) is 5.93. The van der Waals surface area contributed by atoms with E-state index in [1.54, 1.807) is 4.68 Å². The molecule has 0 aliphatic rings. The van der Waals surface area contributed by atoms with Crippen LogP contribution in [0.25, 0.3) is 0 Å². The lowest BCUT2D eigenvalue weighted by atomic mass is 9.98. The van der Waals surface area contributed by atoms with Gasteiger partial charge in [-0.3, -0.25) is 4.68 Å². The SMILES string of the molecule is Cc1ccc(C(O)Cc2c(Cl)c(C)nn2C)c(C)c1. The molecular weight excluding hydrogens is 260 g/mol. The molecule has 0 aliphatic heterocycles. The molecule has 4 heteroatoms. The summed E-state index contributed by atoms with van der Waals surface area (Å²) in [5.41, 5.74) is 4.91. The van der Waals surface area contributed by atoms with Crippen LogP contribution in [0.3, 0.4) is 0 Å². The maximum absolute atomic E-state index is 10.4. The van der Waals surface area contributed by atoms with E-state index >= 15 is 0 Å². The number of halogens is 1. The Bertz CT molecular complexity index is 604. The molecule has 1 aromatic carbocycles. The van der Waals surface area contributed by atoms with Gasteiger partial charge in [-0.05, 0) is 31.9 Å². The summed E-state index contributed by atoms with van der Waals surface area (Å²) in [5, 5.41) is 15.3. The van der Waals surface area contributed by atoms with E-state index < -0.39 is 6.10 Å². The van der Waals surface area contributed by atoms with Crippen molar-refractivity contribution < 1.29 is 5.11 Å². The first-order valence-electron chi connectivity index (χ1n) is 6.33. The molecule has 1 heterocycles. The Morgan fingerprint density at radius 1 is 1.32 bits per heavy atom. The van der Waals surface area contributed by atoms with Crippen LogP contribution in [-0.4, -0.2) is 14.9 Å². The van der Waals surface area contributed by atoms with Crippen LogP contribution >= 0.6 is 11.6 Å². The zero-order valence-corrected chi connectivity index (χ0v) is 12.5. The van der Waals surface area contributed by atoms with Crippen molar-refractivity contribution >= 4 is 11.6 Å². The van der Waals surface area contributed by atoms with Gasteiger partial charge in [0.1, 0.15) is 0 Å². The molecule has 0 spiro atoms. The van der Waals surface area contributed by atoms with E-state index in [1.165, 1.54) is 5.56 Å². The van der Waals surface area contributed by atoms with E-state index in [-0.39, 0.29) is 0 Å². The lowest BCUT2D eigenvalue weighted by molar-refractivity contribution is 0.175. The van der Waals surface area contributed by atoms with Crippen molar-refractivity contribution in [1.29, 1.82) is 0 Å². The lowest BCUT2D eigenvalue weighted by Crippen LogP contribution is -2.08. The molecule has 0 amide bonds. The Hall–Kier alpha value is -1.32. The zero-order valence-electron chi connectivity index (χ0n) is 11.7. The van der Waals surface area contributed by atoms with Gasteiger partial charge in [-0.2, -0.15) is 5.10 Å². The first-order valence-corrected chi connectivity index (χ1v) is 6.71. The fraction of sp³-hybridized carbons (Fsp3) is 0.400. The highest BCUT2D eigenvalue weighted by molar-refractivity contribution is 6.31. The summed E-state index contributed by atoms with van der Waals surface area (Å²) in [4.78, 5) is 0. The molecule has 1 N–H and O–H groups in total. The average molecular weight is 279 g/mol. The second-order valence-electron chi connectivity index (χ2n) is 5.05. The molecule has 1 aromatic heterocycles. The van der Waals surface area contributed by atoms with Crippen LogP contribution in [0.15, 0.2) is 18.2 Å². The second-order valence-corrected chi connectivity index (χ2v) is 5.43. The van der Waals surface area contributed by atoms with Gasteiger partial charge >= 0.3 is 0 Å². The largest absolute Gasteiger partial charge is 0.388 e. The van der Waals surface area contributed by atoms with Crippen molar-refractivity contribution in [3.63, 3.8) is 0 Å². The van der Waals surface area contributed by atoms with Crippen molar-refractivity contribution in [2.75, 3.05) is 0 Å². The topological polar surface area (TPSA) is 38.1 Å². The molecular formula is C15H19ClN2O. The molecule has 0 bridgehead atoms. The van der Waals surface area contributed by atoms with Gasteiger partial charge < -0.3 is 5.11 Å². The lowest BCUT2D eigenvalue weighted by Gasteiger charge is -2.14. The number of hydrogen-bond donors (Lipinski definition) is 1. The van der Waals surface area contributed by atoms with Gasteiger partial charge in [0.2, 0.25) is 0 Å². The fourth-order valence-corrected chi connectivity index (χ4v) is 2.63. The molecule has 0 fully saturated rings. The highest BCUT2D eigenvalue weighted by Crippen LogP contribution is 2.27. The van der Waals surface area contributed by atoms with Gasteiger partial charge in [-0.25, -0.2) is 0 Å². The molecule has 1 atom stereocenters. The summed E-state index contributed by atoms with van der Waals surface area (Å²) < 4.78 is 1.74. The molecule has 3 nitrogen and oxygen atoms in total. The van der Waals surface area contributed by atoms with E-state index in [9.17, 15) is 5.11 Å². The highest BCUT2D eigenvalue weighted by atomic mass is 35.5. The third-order valence-corrected chi connectivity index (χ3v) is 3.92. The number of aliphatic hydroxyl groups excluding tert-OH is 1. The minimum atomic E-state index is -0.562. The van der Waals surface area contributed by atoms with Crippen LogP contribution in [0, 0.1) is 20.8 Å². The molecule has 0 saturated carbocycles. The number of aliphatic hydroxyl groups is 1. The monoisotopic (exact) mass is 278 g/mol. The van der Waals surface area contributed by atoms with Crippen molar-refractivity contribution in [3.05, 3.63) is 51.3 Å². The minimum Gasteiger partial charge on any atom is -0.388 e. The number of benzene rings is 1. The van der Waals surface area contributed by atoms with E-state index in [0.717, 1.165) is 22.5 Å². The van der Waals surface area contributed by atoms with E-state index in [2.05, 4.69) is 11.2 Å². The number of nitrogens with zero attached hydrogens (tertiary/aromatic N) is 2. The van der Waals surface area contributed by atoms with Crippen molar-refractivity contribution in [1.82, 2.24) is 9.78 Å². The Kier molecular flexibility index (Phi) is 3.97. The predicted octanol–water partition coefficient (Wildman–Crippen LogP) is 3.27. The van der Waals surface area contributed by atoms with Crippen LogP contribution in [0.1, 0.15) is 34.2 Å². The zero-order chi connectivity index (χ0) is 14.2. The molecule has 0 aliphatic carbocycles. The van der Waals surface area contributed by atoms with Gasteiger partial charge in [-0.15, -0.1) is 0 Å². The molecule has 2 rings (SSSR count). The number of aromatic nitrogens is 2. The molecule has 19 heavy (non-hydrogen) atoms. The van der Waals surface area contributed by atoms with Crippen LogP contribution in [0.2, 0.25) is 5.02 Å². The number of hydrogen-bond acceptors (Lipinski definition) is 2. The predicted molar refractivity (Wildman–Crippen MR) is 77.5 cm³/mol. The minimum absolute atomic E-state index is 0.472. The standard InChI is InChI=1S/C15H19ClN2O/c1-9-5-6-12(10(2)7-9)14(19)8-13-15(16)11(3)17-18(13)4/h5-7,14,19H,8H2,1-4H3. The van der Waals surface area contributed by atoms with Crippen LogP contribution < -0.4 is 0 Å². The quantitative estimate of drug-likeness (QED) is 0.936. The summed E-state index contributed by atoms with van der Waals surface area (Å²) in [5.74, 6) is 0. The van der Waals surface area contributed by atoms with Gasteiger partial charge in [-0.1, -0.05) is 35.4 Å². The van der Waals surface area contributed by atoms with E-state index in [1.807, 2.05) is 40.0 Å². The second kappa shape index (κ2) is 5.35. The summed E-state index contributed by atoms with van der Waals surface area (Å²) in [6, 6.07) is 6.07. The van der Waals surface area contributed by atoms with Crippen molar-refractivity contribution in [2.45, 2.75) is 33.3 Å². The third-order valence-electron chi connectivity index (χ3n) is 3.43. The van der Waals surface area contributed by atoms with Crippen molar-refractivity contribution in [2.24, 2.45) is 7.05 Å². The van der Waals surface area contributed by atoms with Gasteiger partial charge in [0, 0.05) is 13.5 Å². The Balaban J connectivity index is 2.28.